The van der Waals surface area contributed by atoms with Gasteiger partial charge in [-0.15, -0.1) is 0 Å². The van der Waals surface area contributed by atoms with Crippen molar-refractivity contribution < 1.29 is 24.6 Å². The van der Waals surface area contributed by atoms with Crippen molar-refractivity contribution in [1.82, 2.24) is 9.80 Å². The van der Waals surface area contributed by atoms with Crippen molar-refractivity contribution in [3.63, 3.8) is 0 Å². The number of carbonyl (C=O) groups is 3. The molecule has 0 fully saturated rings. The van der Waals surface area contributed by atoms with Crippen LogP contribution in [0.25, 0.3) is 0 Å². The van der Waals surface area contributed by atoms with Crippen LogP contribution in [0.3, 0.4) is 0 Å². The number of halogens is 2. The van der Waals surface area contributed by atoms with Gasteiger partial charge in [0, 0.05) is 20.1 Å². The molecule has 0 aromatic heterocycles. The minimum absolute atomic E-state index is 0.0575. The zero-order valence-electron chi connectivity index (χ0n) is 13.3. The van der Waals surface area contributed by atoms with E-state index in [0.717, 1.165) is 10.5 Å². The number of aliphatic carboxylic acids is 1. The largest absolute Gasteiger partial charge is 0.503 e. The Bertz CT molecular complexity index is 763. The van der Waals surface area contributed by atoms with E-state index in [2.05, 4.69) is 0 Å². The van der Waals surface area contributed by atoms with E-state index < -0.39 is 23.5 Å². The highest BCUT2D eigenvalue weighted by Crippen LogP contribution is 2.24. The summed E-state index contributed by atoms with van der Waals surface area (Å²) in [5.41, 5.74) is 0.676. The second-order valence-corrected chi connectivity index (χ2v) is 6.42. The first-order valence-electron chi connectivity index (χ1n) is 7.33. The Morgan fingerprint density at radius 1 is 1.28 bits per heavy atom. The van der Waals surface area contributed by atoms with Crippen LogP contribution in [0.1, 0.15) is 12.0 Å². The van der Waals surface area contributed by atoms with E-state index in [0.29, 0.717) is 10.0 Å². The molecule has 0 saturated carbocycles. The summed E-state index contributed by atoms with van der Waals surface area (Å²) in [6, 6.07) is 4.95. The van der Waals surface area contributed by atoms with Gasteiger partial charge >= 0.3 is 5.97 Å². The third-order valence-electron chi connectivity index (χ3n) is 3.73. The summed E-state index contributed by atoms with van der Waals surface area (Å²) in [6.45, 7) is 0.00380. The number of aliphatic hydroxyl groups is 1. The maximum atomic E-state index is 12.5. The predicted octanol–water partition coefficient (Wildman–Crippen LogP) is 2.08. The van der Waals surface area contributed by atoms with Crippen molar-refractivity contribution in [2.24, 2.45) is 0 Å². The van der Waals surface area contributed by atoms with Crippen LogP contribution >= 0.6 is 23.2 Å². The average Bonchev–Trinajstić information content (AvgIpc) is 2.83. The second-order valence-electron chi connectivity index (χ2n) is 5.61. The molecule has 2 rings (SSSR count). The third kappa shape index (κ3) is 4.43. The van der Waals surface area contributed by atoms with Crippen molar-refractivity contribution in [3.8, 4) is 0 Å². The molecule has 25 heavy (non-hydrogen) atoms. The molecule has 1 heterocycles. The standard InChI is InChI=1S/C16H16Cl2N2O5/c1-19(7-9-2-3-11(17)12(18)6-9)15(24)10-8-20(5-4-13(21)22)16(25)14(10)23/h2-3,6,23H,4-5,7-8H2,1H3,(H,21,22). The average molecular weight is 387 g/mol. The molecule has 1 aliphatic heterocycles. The van der Waals surface area contributed by atoms with Gasteiger partial charge in [0.2, 0.25) is 0 Å². The lowest BCUT2D eigenvalue weighted by atomic mass is 10.2. The first kappa shape index (κ1) is 19.1. The summed E-state index contributed by atoms with van der Waals surface area (Å²) in [4.78, 5) is 37.5. The summed E-state index contributed by atoms with van der Waals surface area (Å²) in [5.74, 6) is -2.97. The van der Waals surface area contributed by atoms with Gasteiger partial charge in [-0.3, -0.25) is 14.4 Å². The summed E-state index contributed by atoms with van der Waals surface area (Å²) >= 11 is 11.8. The fraction of sp³-hybridized carbons (Fsp3) is 0.312. The second kappa shape index (κ2) is 7.76. The maximum Gasteiger partial charge on any atom is 0.305 e. The van der Waals surface area contributed by atoms with Gasteiger partial charge in [0.25, 0.3) is 11.8 Å². The van der Waals surface area contributed by atoms with Crippen molar-refractivity contribution in [1.29, 1.82) is 0 Å². The van der Waals surface area contributed by atoms with Crippen LogP contribution in [0.5, 0.6) is 0 Å². The Morgan fingerprint density at radius 2 is 1.96 bits per heavy atom. The number of rotatable bonds is 6. The van der Waals surface area contributed by atoms with E-state index in [1.165, 1.54) is 11.9 Å². The van der Waals surface area contributed by atoms with Crippen LogP contribution in [0.4, 0.5) is 0 Å². The van der Waals surface area contributed by atoms with E-state index in [1.807, 2.05) is 0 Å². The van der Waals surface area contributed by atoms with Crippen molar-refractivity contribution in [2.45, 2.75) is 13.0 Å². The number of aliphatic hydroxyl groups excluding tert-OH is 1. The number of hydrogen-bond acceptors (Lipinski definition) is 4. The highest BCUT2D eigenvalue weighted by Gasteiger charge is 2.35. The van der Waals surface area contributed by atoms with Crippen LogP contribution in [0.2, 0.25) is 10.0 Å². The highest BCUT2D eigenvalue weighted by molar-refractivity contribution is 6.42. The zero-order valence-corrected chi connectivity index (χ0v) is 14.8. The molecular formula is C16H16Cl2N2O5. The number of amides is 2. The molecule has 1 aliphatic rings. The number of likely N-dealkylation sites (N-methyl/N-ethyl adjacent to an activating group) is 1. The lowest BCUT2D eigenvalue weighted by Crippen LogP contribution is -2.32. The molecule has 0 atom stereocenters. The van der Waals surface area contributed by atoms with Gasteiger partial charge in [0.15, 0.2) is 5.76 Å². The zero-order chi connectivity index (χ0) is 18.7. The van der Waals surface area contributed by atoms with Crippen LogP contribution in [0.15, 0.2) is 29.5 Å². The number of benzene rings is 1. The SMILES string of the molecule is CN(Cc1ccc(Cl)c(Cl)c1)C(=O)C1=C(O)C(=O)N(CCC(=O)O)C1. The van der Waals surface area contributed by atoms with Gasteiger partial charge in [-0.05, 0) is 17.7 Å². The van der Waals surface area contributed by atoms with E-state index in [4.69, 9.17) is 28.3 Å². The van der Waals surface area contributed by atoms with E-state index in [-0.39, 0.29) is 31.6 Å². The topological polar surface area (TPSA) is 98.2 Å². The molecule has 0 radical (unpaired) electrons. The molecular weight excluding hydrogens is 371 g/mol. The smallest absolute Gasteiger partial charge is 0.305 e. The Labute approximate surface area is 154 Å². The molecule has 0 bridgehead atoms. The Morgan fingerprint density at radius 3 is 2.56 bits per heavy atom. The minimum Gasteiger partial charge on any atom is -0.503 e. The normalized spacial score (nSPS) is 14.2. The molecule has 1 aromatic rings. The number of carbonyl (C=O) groups excluding carboxylic acids is 2. The minimum atomic E-state index is -1.07. The number of nitrogens with zero attached hydrogens (tertiary/aromatic N) is 2. The predicted molar refractivity (Wildman–Crippen MR) is 91.4 cm³/mol. The Kier molecular flexibility index (Phi) is 5.92. The summed E-state index contributed by atoms with van der Waals surface area (Å²) in [6.07, 6.45) is -0.264. The third-order valence-corrected chi connectivity index (χ3v) is 4.47. The lowest BCUT2D eigenvalue weighted by Gasteiger charge is -2.19. The van der Waals surface area contributed by atoms with E-state index >= 15 is 0 Å². The van der Waals surface area contributed by atoms with Gasteiger partial charge in [0.05, 0.1) is 28.6 Å². The molecule has 1 aromatic carbocycles. The van der Waals surface area contributed by atoms with E-state index in [9.17, 15) is 19.5 Å². The first-order chi connectivity index (χ1) is 11.7. The highest BCUT2D eigenvalue weighted by atomic mass is 35.5. The molecule has 0 aliphatic carbocycles. The number of carboxylic acid groups (broad SMARTS) is 1. The molecule has 0 saturated heterocycles. The molecule has 2 amide bonds. The Hall–Kier alpha value is -2.25. The molecule has 0 unspecified atom stereocenters. The lowest BCUT2D eigenvalue weighted by molar-refractivity contribution is -0.138. The van der Waals surface area contributed by atoms with Crippen molar-refractivity contribution >= 4 is 41.0 Å². The summed E-state index contributed by atoms with van der Waals surface area (Å²) < 4.78 is 0. The summed E-state index contributed by atoms with van der Waals surface area (Å²) in [7, 11) is 1.52. The van der Waals surface area contributed by atoms with Gasteiger partial charge in [-0.2, -0.15) is 0 Å². The molecule has 9 heteroatoms. The molecule has 0 spiro atoms. The van der Waals surface area contributed by atoms with Gasteiger partial charge in [-0.1, -0.05) is 29.3 Å². The van der Waals surface area contributed by atoms with Gasteiger partial charge in [0.1, 0.15) is 0 Å². The van der Waals surface area contributed by atoms with E-state index in [1.54, 1.807) is 18.2 Å². The quantitative estimate of drug-likeness (QED) is 0.779. The number of hydrogen-bond donors (Lipinski definition) is 2. The maximum absolute atomic E-state index is 12.5. The van der Waals surface area contributed by atoms with Crippen LogP contribution < -0.4 is 0 Å². The van der Waals surface area contributed by atoms with Crippen LogP contribution in [-0.2, 0) is 20.9 Å². The number of carboxylic acids is 1. The molecule has 7 nitrogen and oxygen atoms in total. The van der Waals surface area contributed by atoms with Crippen LogP contribution in [0, 0.1) is 0 Å². The first-order valence-corrected chi connectivity index (χ1v) is 8.09. The van der Waals surface area contributed by atoms with Crippen molar-refractivity contribution in [2.75, 3.05) is 20.1 Å². The fourth-order valence-corrected chi connectivity index (χ4v) is 2.73. The molecule has 134 valence electrons. The van der Waals surface area contributed by atoms with Gasteiger partial charge in [-0.25, -0.2) is 0 Å². The fourth-order valence-electron chi connectivity index (χ4n) is 2.41. The van der Waals surface area contributed by atoms with Gasteiger partial charge < -0.3 is 20.0 Å². The van der Waals surface area contributed by atoms with Crippen LogP contribution in [-0.4, -0.2) is 57.9 Å². The van der Waals surface area contributed by atoms with Crippen molar-refractivity contribution in [3.05, 3.63) is 45.1 Å². The summed E-state index contributed by atoms with van der Waals surface area (Å²) in [5, 5.41) is 19.4. The molecule has 2 N–H and O–H groups in total. The monoisotopic (exact) mass is 386 g/mol. The Balaban J connectivity index is 2.06.